The molecule has 0 aliphatic carbocycles. The van der Waals surface area contributed by atoms with Gasteiger partial charge in [0.05, 0.1) is 17.0 Å². The summed E-state index contributed by atoms with van der Waals surface area (Å²) in [5.74, 6) is -3.12. The molecule has 25 heavy (non-hydrogen) atoms. The number of hydrogen-bond acceptors (Lipinski definition) is 3. The van der Waals surface area contributed by atoms with Crippen LogP contribution in [0.5, 0.6) is 0 Å². The summed E-state index contributed by atoms with van der Waals surface area (Å²) in [6.07, 6.45) is 0.686. The lowest BCUT2D eigenvalue weighted by Crippen LogP contribution is -2.57. The molecule has 0 unspecified atom stereocenters. The van der Waals surface area contributed by atoms with Crippen LogP contribution in [0.15, 0.2) is 18.2 Å². The average molecular weight is 369 g/mol. The van der Waals surface area contributed by atoms with Crippen LogP contribution in [0.1, 0.15) is 29.6 Å². The first-order valence-electron chi connectivity index (χ1n) is 8.00. The quantitative estimate of drug-likeness (QED) is 0.866. The van der Waals surface area contributed by atoms with Gasteiger partial charge in [0.25, 0.3) is 5.91 Å². The van der Waals surface area contributed by atoms with Gasteiger partial charge in [-0.25, -0.2) is 4.39 Å². The van der Waals surface area contributed by atoms with Crippen LogP contribution in [0.2, 0.25) is 5.02 Å². The first-order valence-corrected chi connectivity index (χ1v) is 8.38. The number of carbonyl (C=O) groups is 3. The molecule has 1 aromatic carbocycles. The Morgan fingerprint density at radius 1 is 1.32 bits per heavy atom. The Morgan fingerprint density at radius 3 is 2.52 bits per heavy atom. The molecule has 2 saturated heterocycles. The second-order valence-electron chi connectivity index (χ2n) is 6.57. The summed E-state index contributed by atoms with van der Waals surface area (Å²) in [5.41, 5.74) is -0.843. The van der Waals surface area contributed by atoms with E-state index in [9.17, 15) is 23.9 Å². The molecular formula is C17H18ClFN2O4. The van der Waals surface area contributed by atoms with Crippen molar-refractivity contribution in [2.45, 2.75) is 24.8 Å². The molecule has 3 rings (SSSR count). The lowest BCUT2D eigenvalue weighted by atomic mass is 9.77. The molecule has 0 aromatic heterocycles. The molecule has 1 aromatic rings. The second kappa shape index (κ2) is 6.29. The van der Waals surface area contributed by atoms with Gasteiger partial charge in [-0.1, -0.05) is 11.6 Å². The van der Waals surface area contributed by atoms with Crippen LogP contribution >= 0.6 is 11.6 Å². The van der Waals surface area contributed by atoms with E-state index in [0.717, 1.165) is 6.07 Å². The SMILES string of the molecule is CN1C(=O)C[C@H](C(=O)O)C12CCN(C(=O)c1ccc(Cl)cc1F)CC2. The monoisotopic (exact) mass is 368 g/mol. The van der Waals surface area contributed by atoms with E-state index in [0.29, 0.717) is 12.8 Å². The standard InChI is InChI=1S/C17H18ClFN2O4/c1-20-14(22)9-12(16(24)25)17(20)4-6-21(7-5-17)15(23)11-3-2-10(18)8-13(11)19/h2-3,8,12H,4-7,9H2,1H3,(H,24,25)/t12-/m1/s1. The third kappa shape index (κ3) is 2.86. The normalized spacial score (nSPS) is 22.5. The molecule has 2 fully saturated rings. The Morgan fingerprint density at radius 2 is 1.96 bits per heavy atom. The fraction of sp³-hybridized carbons (Fsp3) is 0.471. The molecule has 6 nitrogen and oxygen atoms in total. The number of carbonyl (C=O) groups excluding carboxylic acids is 2. The number of likely N-dealkylation sites (tertiary alicyclic amines) is 2. The summed E-state index contributed by atoms with van der Waals surface area (Å²) in [5, 5.41) is 9.67. The molecule has 2 heterocycles. The molecule has 1 atom stereocenters. The zero-order chi connectivity index (χ0) is 18.4. The fourth-order valence-electron chi connectivity index (χ4n) is 3.91. The molecule has 2 aliphatic heterocycles. The maximum atomic E-state index is 14.0. The number of amides is 2. The maximum Gasteiger partial charge on any atom is 0.309 e. The predicted octanol–water partition coefficient (Wildman–Crippen LogP) is 2.02. The highest BCUT2D eigenvalue weighted by molar-refractivity contribution is 6.30. The number of nitrogens with zero attached hydrogens (tertiary/aromatic N) is 2. The van der Waals surface area contributed by atoms with Crippen LogP contribution < -0.4 is 0 Å². The largest absolute Gasteiger partial charge is 0.481 e. The minimum atomic E-state index is -0.999. The van der Waals surface area contributed by atoms with Gasteiger partial charge in [0.1, 0.15) is 5.82 Å². The molecule has 2 aliphatic rings. The lowest BCUT2D eigenvalue weighted by Gasteiger charge is -2.45. The van der Waals surface area contributed by atoms with Crippen molar-refractivity contribution in [2.24, 2.45) is 5.92 Å². The third-order valence-corrected chi connectivity index (χ3v) is 5.68. The maximum absolute atomic E-state index is 14.0. The summed E-state index contributed by atoms with van der Waals surface area (Å²) < 4.78 is 14.0. The van der Waals surface area contributed by atoms with E-state index in [1.165, 1.54) is 21.9 Å². The van der Waals surface area contributed by atoms with Gasteiger partial charge in [0.15, 0.2) is 0 Å². The number of rotatable bonds is 2. The molecule has 1 N–H and O–H groups in total. The van der Waals surface area contributed by atoms with Gasteiger partial charge in [0, 0.05) is 31.6 Å². The first-order chi connectivity index (χ1) is 11.8. The van der Waals surface area contributed by atoms with E-state index in [1.807, 2.05) is 0 Å². The number of halogens is 2. The summed E-state index contributed by atoms with van der Waals surface area (Å²) >= 11 is 5.71. The van der Waals surface area contributed by atoms with Gasteiger partial charge in [-0.05, 0) is 31.0 Å². The zero-order valence-electron chi connectivity index (χ0n) is 13.7. The van der Waals surface area contributed by atoms with Gasteiger partial charge in [-0.15, -0.1) is 0 Å². The number of hydrogen-bond donors (Lipinski definition) is 1. The zero-order valence-corrected chi connectivity index (χ0v) is 14.4. The Labute approximate surface area is 149 Å². The molecule has 2 amide bonds. The van der Waals surface area contributed by atoms with E-state index >= 15 is 0 Å². The van der Waals surface area contributed by atoms with Crippen molar-refractivity contribution in [1.29, 1.82) is 0 Å². The third-order valence-electron chi connectivity index (χ3n) is 5.45. The minimum Gasteiger partial charge on any atom is -0.481 e. The molecular weight excluding hydrogens is 351 g/mol. The van der Waals surface area contributed by atoms with Crippen LogP contribution in [-0.4, -0.2) is 58.4 Å². The van der Waals surface area contributed by atoms with Crippen molar-refractivity contribution in [3.8, 4) is 0 Å². The molecule has 1 spiro atoms. The van der Waals surface area contributed by atoms with E-state index in [1.54, 1.807) is 7.05 Å². The number of carboxylic acids is 1. The Balaban J connectivity index is 1.78. The summed E-state index contributed by atoms with van der Waals surface area (Å²) in [6, 6.07) is 3.88. The lowest BCUT2D eigenvalue weighted by molar-refractivity contribution is -0.145. The van der Waals surface area contributed by atoms with Crippen LogP contribution in [0, 0.1) is 11.7 Å². The minimum absolute atomic E-state index is 0.0222. The molecule has 0 bridgehead atoms. The molecule has 0 radical (unpaired) electrons. The van der Waals surface area contributed by atoms with Crippen LogP contribution in [-0.2, 0) is 9.59 Å². The summed E-state index contributed by atoms with van der Waals surface area (Å²) in [6.45, 7) is 0.532. The number of benzene rings is 1. The van der Waals surface area contributed by atoms with Gasteiger partial charge < -0.3 is 14.9 Å². The Bertz CT molecular complexity index is 746. The molecule has 8 heteroatoms. The summed E-state index contributed by atoms with van der Waals surface area (Å²) in [7, 11) is 1.61. The molecule has 134 valence electrons. The van der Waals surface area contributed by atoms with Gasteiger partial charge in [-0.3, -0.25) is 14.4 Å². The van der Waals surface area contributed by atoms with Gasteiger partial charge >= 0.3 is 5.97 Å². The van der Waals surface area contributed by atoms with Crippen molar-refractivity contribution in [3.63, 3.8) is 0 Å². The van der Waals surface area contributed by atoms with Crippen molar-refractivity contribution in [2.75, 3.05) is 20.1 Å². The van der Waals surface area contributed by atoms with Crippen LogP contribution in [0.3, 0.4) is 0 Å². The van der Waals surface area contributed by atoms with E-state index < -0.39 is 29.2 Å². The Kier molecular flexibility index (Phi) is 4.45. The highest BCUT2D eigenvalue weighted by Gasteiger charge is 2.55. The van der Waals surface area contributed by atoms with Crippen molar-refractivity contribution in [3.05, 3.63) is 34.6 Å². The average Bonchev–Trinajstić information content (AvgIpc) is 2.80. The topological polar surface area (TPSA) is 77.9 Å². The van der Waals surface area contributed by atoms with Crippen LogP contribution in [0.4, 0.5) is 4.39 Å². The Hall–Kier alpha value is -2.15. The van der Waals surface area contributed by atoms with Crippen molar-refractivity contribution in [1.82, 2.24) is 9.80 Å². The second-order valence-corrected chi connectivity index (χ2v) is 7.00. The number of carboxylic acid groups (broad SMARTS) is 1. The van der Waals surface area contributed by atoms with E-state index in [2.05, 4.69) is 0 Å². The number of piperidine rings is 1. The van der Waals surface area contributed by atoms with Gasteiger partial charge in [0.2, 0.25) is 5.91 Å². The fourth-order valence-corrected chi connectivity index (χ4v) is 4.07. The first kappa shape index (κ1) is 17.7. The predicted molar refractivity (Wildman–Crippen MR) is 87.8 cm³/mol. The summed E-state index contributed by atoms with van der Waals surface area (Å²) in [4.78, 5) is 39.1. The molecule has 0 saturated carbocycles. The highest BCUT2D eigenvalue weighted by Crippen LogP contribution is 2.43. The van der Waals surface area contributed by atoms with E-state index in [-0.39, 0.29) is 36.0 Å². The highest BCUT2D eigenvalue weighted by atomic mass is 35.5. The van der Waals surface area contributed by atoms with Crippen molar-refractivity contribution < 1.29 is 23.9 Å². The smallest absolute Gasteiger partial charge is 0.309 e. The van der Waals surface area contributed by atoms with Crippen molar-refractivity contribution >= 4 is 29.4 Å². The van der Waals surface area contributed by atoms with Crippen LogP contribution in [0.25, 0.3) is 0 Å². The van der Waals surface area contributed by atoms with Gasteiger partial charge in [-0.2, -0.15) is 0 Å². The number of aliphatic carboxylic acids is 1. The van der Waals surface area contributed by atoms with E-state index in [4.69, 9.17) is 11.6 Å².